The van der Waals surface area contributed by atoms with Gasteiger partial charge in [0.1, 0.15) is 17.8 Å². The standard InChI is InChI=1S/C17H18N6O2/c1-22-7-6-12(8-22)23-16-13(15(18)19-9-20-16)14(21-23)10-2-4-11(5-3-10)17(24)25/h2-5,9,12H,6-8H2,1H3,(H,24,25)(H2,18,19,20). The van der Waals surface area contributed by atoms with Crippen LogP contribution in [0.3, 0.4) is 0 Å². The van der Waals surface area contributed by atoms with Crippen LogP contribution in [0.4, 0.5) is 5.82 Å². The van der Waals surface area contributed by atoms with Crippen molar-refractivity contribution in [2.24, 2.45) is 0 Å². The molecule has 4 rings (SSSR count). The molecule has 8 heteroatoms. The number of hydrogen-bond donors (Lipinski definition) is 2. The van der Waals surface area contributed by atoms with E-state index in [1.54, 1.807) is 24.3 Å². The minimum Gasteiger partial charge on any atom is -0.478 e. The van der Waals surface area contributed by atoms with Gasteiger partial charge < -0.3 is 15.7 Å². The number of aromatic carboxylic acids is 1. The summed E-state index contributed by atoms with van der Waals surface area (Å²) < 4.78 is 1.93. The molecule has 3 N–H and O–H groups in total. The van der Waals surface area contributed by atoms with E-state index in [0.29, 0.717) is 22.5 Å². The Labute approximate surface area is 143 Å². The molecule has 0 spiro atoms. The number of rotatable bonds is 3. The summed E-state index contributed by atoms with van der Waals surface area (Å²) in [4.78, 5) is 21.8. The van der Waals surface area contributed by atoms with Crippen LogP contribution in [0, 0.1) is 0 Å². The molecular weight excluding hydrogens is 320 g/mol. The number of carbonyl (C=O) groups is 1. The summed E-state index contributed by atoms with van der Waals surface area (Å²) in [7, 11) is 2.08. The molecule has 1 unspecified atom stereocenters. The normalized spacial score (nSPS) is 18.0. The van der Waals surface area contributed by atoms with E-state index < -0.39 is 5.97 Å². The first-order valence-electron chi connectivity index (χ1n) is 8.05. The lowest BCUT2D eigenvalue weighted by Gasteiger charge is -2.11. The topological polar surface area (TPSA) is 110 Å². The van der Waals surface area contributed by atoms with Crippen molar-refractivity contribution in [2.75, 3.05) is 25.9 Å². The third-order valence-electron chi connectivity index (χ3n) is 4.64. The second-order valence-corrected chi connectivity index (χ2v) is 6.34. The Morgan fingerprint density at radius 1 is 1.28 bits per heavy atom. The van der Waals surface area contributed by atoms with Crippen LogP contribution in [0.15, 0.2) is 30.6 Å². The maximum atomic E-state index is 11.1. The monoisotopic (exact) mass is 338 g/mol. The fourth-order valence-electron chi connectivity index (χ4n) is 3.33. The molecule has 0 amide bonds. The molecule has 0 bridgehead atoms. The van der Waals surface area contributed by atoms with Gasteiger partial charge in [-0.05, 0) is 25.6 Å². The van der Waals surface area contributed by atoms with Gasteiger partial charge in [0.05, 0.1) is 17.0 Å². The number of aromatic nitrogens is 4. The zero-order chi connectivity index (χ0) is 17.6. The molecule has 0 saturated carbocycles. The van der Waals surface area contributed by atoms with E-state index in [4.69, 9.17) is 15.9 Å². The van der Waals surface area contributed by atoms with Crippen LogP contribution in [-0.4, -0.2) is 55.9 Å². The van der Waals surface area contributed by atoms with Crippen molar-refractivity contribution < 1.29 is 9.90 Å². The summed E-state index contributed by atoms with van der Waals surface area (Å²) in [6.45, 7) is 1.91. The molecule has 1 aromatic carbocycles. The Morgan fingerprint density at radius 2 is 2.04 bits per heavy atom. The number of anilines is 1. The lowest BCUT2D eigenvalue weighted by Crippen LogP contribution is -2.17. The second-order valence-electron chi connectivity index (χ2n) is 6.34. The van der Waals surface area contributed by atoms with E-state index in [1.165, 1.54) is 6.33 Å². The Morgan fingerprint density at radius 3 is 2.68 bits per heavy atom. The number of nitrogens with zero attached hydrogens (tertiary/aromatic N) is 5. The zero-order valence-electron chi connectivity index (χ0n) is 13.8. The maximum Gasteiger partial charge on any atom is 0.335 e. The van der Waals surface area contributed by atoms with Crippen LogP contribution in [0.2, 0.25) is 0 Å². The van der Waals surface area contributed by atoms with Gasteiger partial charge in [-0.2, -0.15) is 5.10 Å². The molecular formula is C17H18N6O2. The number of fused-ring (bicyclic) bond motifs is 1. The molecule has 1 fully saturated rings. The molecule has 1 aliphatic rings. The molecule has 8 nitrogen and oxygen atoms in total. The fourth-order valence-corrected chi connectivity index (χ4v) is 3.33. The summed E-state index contributed by atoms with van der Waals surface area (Å²) in [5.74, 6) is -0.585. The van der Waals surface area contributed by atoms with Crippen molar-refractivity contribution in [1.29, 1.82) is 0 Å². The molecule has 2 aromatic heterocycles. The summed E-state index contributed by atoms with van der Waals surface area (Å²) in [5, 5.41) is 14.6. The van der Waals surface area contributed by atoms with Gasteiger partial charge in [0.2, 0.25) is 0 Å². The van der Waals surface area contributed by atoms with Gasteiger partial charge in [-0.3, -0.25) is 0 Å². The highest BCUT2D eigenvalue weighted by Crippen LogP contribution is 2.33. The first kappa shape index (κ1) is 15.5. The minimum absolute atomic E-state index is 0.230. The number of likely N-dealkylation sites (N-methyl/N-ethyl adjacent to an activating group) is 1. The van der Waals surface area contributed by atoms with Crippen LogP contribution in [0.1, 0.15) is 22.8 Å². The number of likely N-dealkylation sites (tertiary alicyclic amines) is 1. The number of benzene rings is 1. The van der Waals surface area contributed by atoms with E-state index in [2.05, 4.69) is 21.9 Å². The molecule has 1 aliphatic heterocycles. The molecule has 3 heterocycles. The highest BCUT2D eigenvalue weighted by molar-refractivity contribution is 5.98. The summed E-state index contributed by atoms with van der Waals surface area (Å²) in [6, 6.07) is 6.83. The van der Waals surface area contributed by atoms with Crippen LogP contribution in [-0.2, 0) is 0 Å². The van der Waals surface area contributed by atoms with Crippen molar-refractivity contribution in [3.05, 3.63) is 36.2 Å². The van der Waals surface area contributed by atoms with Gasteiger partial charge >= 0.3 is 5.97 Å². The van der Waals surface area contributed by atoms with Gasteiger partial charge in [-0.15, -0.1) is 0 Å². The zero-order valence-corrected chi connectivity index (χ0v) is 13.8. The number of carboxylic acids is 1. The molecule has 0 aliphatic carbocycles. The predicted molar refractivity (Wildman–Crippen MR) is 93.3 cm³/mol. The Kier molecular flexibility index (Phi) is 3.61. The van der Waals surface area contributed by atoms with Gasteiger partial charge in [-0.1, -0.05) is 12.1 Å². The molecule has 25 heavy (non-hydrogen) atoms. The van der Waals surface area contributed by atoms with Crippen molar-refractivity contribution in [3.8, 4) is 11.3 Å². The van der Waals surface area contributed by atoms with E-state index in [1.807, 2.05) is 4.68 Å². The van der Waals surface area contributed by atoms with E-state index in [9.17, 15) is 4.79 Å². The molecule has 128 valence electrons. The largest absolute Gasteiger partial charge is 0.478 e. The average Bonchev–Trinajstić information content (AvgIpc) is 3.19. The fraction of sp³-hybridized carbons (Fsp3) is 0.294. The maximum absolute atomic E-state index is 11.1. The Hall–Kier alpha value is -3.00. The van der Waals surface area contributed by atoms with Crippen molar-refractivity contribution in [2.45, 2.75) is 12.5 Å². The summed E-state index contributed by atoms with van der Waals surface area (Å²) >= 11 is 0. The predicted octanol–water partition coefficient (Wildman–Crippen LogP) is 1.65. The molecule has 1 saturated heterocycles. The number of nitrogen functional groups attached to an aromatic ring is 1. The lowest BCUT2D eigenvalue weighted by molar-refractivity contribution is 0.0697. The molecule has 3 aromatic rings. The van der Waals surface area contributed by atoms with Crippen LogP contribution in [0.5, 0.6) is 0 Å². The quantitative estimate of drug-likeness (QED) is 0.747. The van der Waals surface area contributed by atoms with Gasteiger partial charge in [-0.25, -0.2) is 19.4 Å². The van der Waals surface area contributed by atoms with E-state index in [0.717, 1.165) is 25.1 Å². The summed E-state index contributed by atoms with van der Waals surface area (Å²) in [6.07, 6.45) is 2.44. The molecule has 1 atom stereocenters. The SMILES string of the molecule is CN1CCC(n2nc(-c3ccc(C(=O)O)cc3)c3c(N)ncnc32)C1. The van der Waals surface area contributed by atoms with Crippen molar-refractivity contribution >= 4 is 22.8 Å². The van der Waals surface area contributed by atoms with Gasteiger partial charge in [0, 0.05) is 18.7 Å². The van der Waals surface area contributed by atoms with Crippen LogP contribution in [0.25, 0.3) is 22.3 Å². The van der Waals surface area contributed by atoms with Crippen molar-refractivity contribution in [3.63, 3.8) is 0 Å². The number of hydrogen-bond acceptors (Lipinski definition) is 6. The highest BCUT2D eigenvalue weighted by atomic mass is 16.4. The van der Waals surface area contributed by atoms with Crippen LogP contribution < -0.4 is 5.73 Å². The second kappa shape index (κ2) is 5.82. The lowest BCUT2D eigenvalue weighted by atomic mass is 10.1. The average molecular weight is 338 g/mol. The number of carboxylic acid groups (broad SMARTS) is 1. The smallest absolute Gasteiger partial charge is 0.335 e. The summed E-state index contributed by atoms with van der Waals surface area (Å²) in [5.41, 5.74) is 8.52. The molecule has 0 radical (unpaired) electrons. The van der Waals surface area contributed by atoms with E-state index >= 15 is 0 Å². The minimum atomic E-state index is -0.959. The van der Waals surface area contributed by atoms with Crippen LogP contribution >= 0.6 is 0 Å². The third-order valence-corrected chi connectivity index (χ3v) is 4.64. The van der Waals surface area contributed by atoms with E-state index in [-0.39, 0.29) is 11.6 Å². The highest BCUT2D eigenvalue weighted by Gasteiger charge is 2.26. The van der Waals surface area contributed by atoms with Crippen molar-refractivity contribution in [1.82, 2.24) is 24.6 Å². The third kappa shape index (κ3) is 2.60. The Balaban J connectivity index is 1.87. The van der Waals surface area contributed by atoms with Gasteiger partial charge in [0.15, 0.2) is 5.65 Å². The first-order chi connectivity index (χ1) is 12.0. The first-order valence-corrected chi connectivity index (χ1v) is 8.05. The van der Waals surface area contributed by atoms with Gasteiger partial charge in [0.25, 0.3) is 0 Å². The Bertz CT molecular complexity index is 950. The number of nitrogens with two attached hydrogens (primary N) is 1.